The summed E-state index contributed by atoms with van der Waals surface area (Å²) in [6.45, 7) is 4.58. The third kappa shape index (κ3) is 4.57. The first kappa shape index (κ1) is 16.0. The fourth-order valence-corrected chi connectivity index (χ4v) is 1.73. The molecule has 0 bridgehead atoms. The molecule has 0 saturated carbocycles. The molecule has 1 rings (SSSR count). The standard InChI is InChI=1S/C15H22N2O3/c1-4-11(2)17(3)15(20)16-10-9-12-5-7-13(8-6-12)14(18)19/h5-8,11H,4,9-10H2,1-3H3,(H,16,20)(H,18,19). The maximum Gasteiger partial charge on any atom is 0.335 e. The van der Waals surface area contributed by atoms with Crippen molar-refractivity contribution in [3.63, 3.8) is 0 Å². The average Bonchev–Trinajstić information content (AvgIpc) is 2.45. The fraction of sp³-hybridized carbons (Fsp3) is 0.467. The van der Waals surface area contributed by atoms with Crippen LogP contribution in [0.3, 0.4) is 0 Å². The van der Waals surface area contributed by atoms with Crippen LogP contribution in [0.15, 0.2) is 24.3 Å². The molecule has 0 aliphatic rings. The highest BCUT2D eigenvalue weighted by atomic mass is 16.4. The van der Waals surface area contributed by atoms with Crippen LogP contribution in [0.25, 0.3) is 0 Å². The Morgan fingerprint density at radius 2 is 1.90 bits per heavy atom. The first-order valence-corrected chi connectivity index (χ1v) is 6.78. The van der Waals surface area contributed by atoms with Crippen molar-refractivity contribution in [2.45, 2.75) is 32.7 Å². The second-order valence-corrected chi connectivity index (χ2v) is 4.85. The van der Waals surface area contributed by atoms with Gasteiger partial charge in [0.25, 0.3) is 0 Å². The minimum Gasteiger partial charge on any atom is -0.478 e. The van der Waals surface area contributed by atoms with Crippen molar-refractivity contribution in [2.24, 2.45) is 0 Å². The summed E-state index contributed by atoms with van der Waals surface area (Å²) in [7, 11) is 1.78. The molecule has 1 atom stereocenters. The van der Waals surface area contributed by atoms with Crippen LogP contribution in [0, 0.1) is 0 Å². The van der Waals surface area contributed by atoms with Crippen molar-refractivity contribution in [1.29, 1.82) is 0 Å². The van der Waals surface area contributed by atoms with E-state index < -0.39 is 5.97 Å². The Balaban J connectivity index is 2.40. The van der Waals surface area contributed by atoms with Gasteiger partial charge in [0.1, 0.15) is 0 Å². The van der Waals surface area contributed by atoms with E-state index in [0.29, 0.717) is 13.0 Å². The molecule has 5 nitrogen and oxygen atoms in total. The van der Waals surface area contributed by atoms with Crippen LogP contribution in [-0.2, 0) is 6.42 Å². The Bertz CT molecular complexity index is 457. The molecule has 0 aliphatic heterocycles. The number of carbonyl (C=O) groups is 2. The fourth-order valence-electron chi connectivity index (χ4n) is 1.73. The number of nitrogens with zero attached hydrogens (tertiary/aromatic N) is 1. The molecular formula is C15H22N2O3. The summed E-state index contributed by atoms with van der Waals surface area (Å²) in [6.07, 6.45) is 1.60. The zero-order valence-corrected chi connectivity index (χ0v) is 12.2. The van der Waals surface area contributed by atoms with Crippen molar-refractivity contribution in [1.82, 2.24) is 10.2 Å². The van der Waals surface area contributed by atoms with Crippen LogP contribution < -0.4 is 5.32 Å². The SMILES string of the molecule is CCC(C)N(C)C(=O)NCCc1ccc(C(=O)O)cc1. The lowest BCUT2D eigenvalue weighted by molar-refractivity contribution is 0.0697. The minimum absolute atomic E-state index is 0.0819. The second-order valence-electron chi connectivity index (χ2n) is 4.85. The summed E-state index contributed by atoms with van der Waals surface area (Å²) in [4.78, 5) is 24.2. The molecule has 1 aromatic rings. The first-order valence-electron chi connectivity index (χ1n) is 6.78. The van der Waals surface area contributed by atoms with E-state index in [1.54, 1.807) is 36.2 Å². The van der Waals surface area contributed by atoms with Crippen LogP contribution in [-0.4, -0.2) is 41.6 Å². The number of carboxylic acids is 1. The van der Waals surface area contributed by atoms with E-state index in [-0.39, 0.29) is 17.6 Å². The Kier molecular flexibility index (Phi) is 6.03. The highest BCUT2D eigenvalue weighted by Crippen LogP contribution is 2.05. The number of amides is 2. The first-order chi connectivity index (χ1) is 9.45. The van der Waals surface area contributed by atoms with Gasteiger partial charge in [-0.25, -0.2) is 9.59 Å². The van der Waals surface area contributed by atoms with E-state index in [9.17, 15) is 9.59 Å². The summed E-state index contributed by atoms with van der Waals surface area (Å²) in [5.74, 6) is -0.931. The zero-order chi connectivity index (χ0) is 15.1. The van der Waals surface area contributed by atoms with Gasteiger partial charge in [-0.15, -0.1) is 0 Å². The van der Waals surface area contributed by atoms with Gasteiger partial charge >= 0.3 is 12.0 Å². The highest BCUT2D eigenvalue weighted by Gasteiger charge is 2.12. The molecule has 2 N–H and O–H groups in total. The molecule has 0 aliphatic carbocycles. The summed E-state index contributed by atoms with van der Waals surface area (Å²) in [6, 6.07) is 6.82. The average molecular weight is 278 g/mol. The Hall–Kier alpha value is -2.04. The summed E-state index contributed by atoms with van der Waals surface area (Å²) in [5.41, 5.74) is 1.27. The molecule has 20 heavy (non-hydrogen) atoms. The highest BCUT2D eigenvalue weighted by molar-refractivity contribution is 5.87. The van der Waals surface area contributed by atoms with E-state index in [4.69, 9.17) is 5.11 Å². The number of hydrogen-bond acceptors (Lipinski definition) is 2. The number of benzene rings is 1. The van der Waals surface area contributed by atoms with Crippen LogP contribution in [0.4, 0.5) is 4.79 Å². The van der Waals surface area contributed by atoms with E-state index in [0.717, 1.165) is 12.0 Å². The molecule has 1 aromatic carbocycles. The maximum atomic E-state index is 11.8. The number of rotatable bonds is 6. The Labute approximate surface area is 119 Å². The monoisotopic (exact) mass is 278 g/mol. The van der Waals surface area contributed by atoms with Crippen molar-refractivity contribution < 1.29 is 14.7 Å². The lowest BCUT2D eigenvalue weighted by atomic mass is 10.1. The lowest BCUT2D eigenvalue weighted by Gasteiger charge is -2.24. The lowest BCUT2D eigenvalue weighted by Crippen LogP contribution is -2.42. The van der Waals surface area contributed by atoms with Crippen molar-refractivity contribution in [3.8, 4) is 0 Å². The number of hydrogen-bond donors (Lipinski definition) is 2. The predicted octanol–water partition coefficient (Wildman–Crippen LogP) is 2.37. The third-order valence-electron chi connectivity index (χ3n) is 3.46. The molecule has 0 fully saturated rings. The van der Waals surface area contributed by atoms with E-state index >= 15 is 0 Å². The summed E-state index contributed by atoms with van der Waals surface area (Å²) < 4.78 is 0. The number of carbonyl (C=O) groups excluding carboxylic acids is 1. The maximum absolute atomic E-state index is 11.8. The van der Waals surface area contributed by atoms with Crippen LogP contribution in [0.5, 0.6) is 0 Å². The van der Waals surface area contributed by atoms with Gasteiger partial charge in [-0.2, -0.15) is 0 Å². The molecule has 110 valence electrons. The van der Waals surface area contributed by atoms with Gasteiger partial charge in [0.15, 0.2) is 0 Å². The van der Waals surface area contributed by atoms with Crippen molar-refractivity contribution >= 4 is 12.0 Å². The summed E-state index contributed by atoms with van der Waals surface area (Å²) in [5, 5.41) is 11.7. The quantitative estimate of drug-likeness (QED) is 0.839. The van der Waals surface area contributed by atoms with E-state index in [1.165, 1.54) is 0 Å². The number of aromatic carboxylic acids is 1. The molecule has 1 unspecified atom stereocenters. The van der Waals surface area contributed by atoms with Crippen LogP contribution in [0.2, 0.25) is 0 Å². The van der Waals surface area contributed by atoms with Crippen LogP contribution in [0.1, 0.15) is 36.2 Å². The number of urea groups is 1. The molecule has 0 radical (unpaired) electrons. The molecule has 2 amide bonds. The molecule has 0 aromatic heterocycles. The largest absolute Gasteiger partial charge is 0.478 e. The summed E-state index contributed by atoms with van der Waals surface area (Å²) >= 11 is 0. The molecule has 0 saturated heterocycles. The van der Waals surface area contributed by atoms with Crippen LogP contribution >= 0.6 is 0 Å². The topological polar surface area (TPSA) is 69.6 Å². The Morgan fingerprint density at radius 1 is 1.30 bits per heavy atom. The number of nitrogens with one attached hydrogen (secondary N) is 1. The molecule has 0 spiro atoms. The Morgan fingerprint density at radius 3 is 2.40 bits per heavy atom. The van der Waals surface area contributed by atoms with Crippen molar-refractivity contribution in [2.75, 3.05) is 13.6 Å². The van der Waals surface area contributed by atoms with Gasteiger partial charge in [0, 0.05) is 19.6 Å². The van der Waals surface area contributed by atoms with Gasteiger partial charge in [-0.1, -0.05) is 19.1 Å². The smallest absolute Gasteiger partial charge is 0.335 e. The van der Waals surface area contributed by atoms with E-state index in [1.807, 2.05) is 13.8 Å². The normalized spacial score (nSPS) is 11.8. The zero-order valence-electron chi connectivity index (χ0n) is 12.2. The third-order valence-corrected chi connectivity index (χ3v) is 3.46. The minimum atomic E-state index is -0.931. The molecule has 5 heteroatoms. The predicted molar refractivity (Wildman–Crippen MR) is 78.0 cm³/mol. The molecular weight excluding hydrogens is 256 g/mol. The second kappa shape index (κ2) is 7.53. The van der Waals surface area contributed by atoms with Gasteiger partial charge in [-0.05, 0) is 37.5 Å². The van der Waals surface area contributed by atoms with Gasteiger partial charge < -0.3 is 15.3 Å². The van der Waals surface area contributed by atoms with E-state index in [2.05, 4.69) is 5.32 Å². The van der Waals surface area contributed by atoms with Gasteiger partial charge in [-0.3, -0.25) is 0 Å². The number of carboxylic acid groups (broad SMARTS) is 1. The van der Waals surface area contributed by atoms with Crippen molar-refractivity contribution in [3.05, 3.63) is 35.4 Å². The molecule has 0 heterocycles. The van der Waals surface area contributed by atoms with Gasteiger partial charge in [0.05, 0.1) is 5.56 Å². The van der Waals surface area contributed by atoms with Gasteiger partial charge in [0.2, 0.25) is 0 Å².